The maximum absolute atomic E-state index is 12.9. The number of allylic oxidation sites excluding steroid dienone is 1. The molecule has 0 spiro atoms. The second kappa shape index (κ2) is 14.6. The van der Waals surface area contributed by atoms with Crippen molar-refractivity contribution in [2.45, 2.75) is 137 Å². The van der Waals surface area contributed by atoms with Crippen LogP contribution in [0.5, 0.6) is 0 Å². The van der Waals surface area contributed by atoms with Crippen LogP contribution in [0.3, 0.4) is 0 Å². The Labute approximate surface area is 339 Å². The second-order valence-electron chi connectivity index (χ2n) is 20.9. The Morgan fingerprint density at radius 3 is 1.86 bits per heavy atom. The predicted octanol–water partition coefficient (Wildman–Crippen LogP) is 13.4. The summed E-state index contributed by atoms with van der Waals surface area (Å²) in [7, 11) is 0. The standard InChI is InChI=1S/C53H70O3/c1-9-19-46(54)56-41-34-48(4,5)44-29-30-51(8)45(49(44,6)35-41)27-26-43-47-42(37(2)3)28-31-52(47,33-32-50(43,51)7)36-55-53(38-20-13-10-14-21-38,39-22-15-11-16-23-39)40-24-17-12-18-25-40/h10-18,20-25,41-45,47H,2,9,19,26-36H2,1,3-8H3/t41?,42-,43+,44-,45+,47+,49-,50+,51+,52+/m0/s1. The second-order valence-corrected chi connectivity index (χ2v) is 20.9. The molecule has 1 unspecified atom stereocenters. The molecule has 0 heterocycles. The van der Waals surface area contributed by atoms with Crippen LogP contribution in [-0.4, -0.2) is 18.7 Å². The lowest BCUT2D eigenvalue weighted by Gasteiger charge is -2.73. The third-order valence-corrected chi connectivity index (χ3v) is 17.7. The van der Waals surface area contributed by atoms with E-state index in [9.17, 15) is 4.79 Å². The Balaban J connectivity index is 1.16. The Morgan fingerprint density at radius 2 is 1.30 bits per heavy atom. The van der Waals surface area contributed by atoms with Gasteiger partial charge in [0.1, 0.15) is 11.7 Å². The van der Waals surface area contributed by atoms with Gasteiger partial charge in [0.15, 0.2) is 0 Å². The molecule has 0 radical (unpaired) electrons. The van der Waals surface area contributed by atoms with Crippen molar-refractivity contribution < 1.29 is 14.3 Å². The van der Waals surface area contributed by atoms with E-state index in [1.165, 1.54) is 73.6 Å². The van der Waals surface area contributed by atoms with E-state index in [0.717, 1.165) is 25.9 Å². The van der Waals surface area contributed by atoms with E-state index < -0.39 is 5.60 Å². The van der Waals surface area contributed by atoms with Crippen molar-refractivity contribution in [1.29, 1.82) is 0 Å². The Morgan fingerprint density at radius 1 is 0.714 bits per heavy atom. The molecule has 0 N–H and O–H groups in total. The molecule has 5 fully saturated rings. The molecule has 3 heteroatoms. The molecule has 56 heavy (non-hydrogen) atoms. The summed E-state index contributed by atoms with van der Waals surface area (Å²) in [6, 6.07) is 32.9. The van der Waals surface area contributed by atoms with Crippen LogP contribution in [0.25, 0.3) is 0 Å². The fraction of sp³-hybridized carbons (Fsp3) is 0.604. The van der Waals surface area contributed by atoms with Crippen LogP contribution < -0.4 is 0 Å². The normalized spacial score (nSPS) is 37.3. The number of esters is 1. The molecule has 3 nitrogen and oxygen atoms in total. The van der Waals surface area contributed by atoms with Gasteiger partial charge >= 0.3 is 5.97 Å². The molecule has 10 atom stereocenters. The zero-order valence-electron chi connectivity index (χ0n) is 35.7. The summed E-state index contributed by atoms with van der Waals surface area (Å²) in [6.45, 7) is 22.9. The van der Waals surface area contributed by atoms with Gasteiger partial charge < -0.3 is 9.47 Å². The lowest BCUT2D eigenvalue weighted by molar-refractivity contribution is -0.251. The summed E-state index contributed by atoms with van der Waals surface area (Å²) >= 11 is 0. The minimum Gasteiger partial charge on any atom is -0.462 e. The van der Waals surface area contributed by atoms with Gasteiger partial charge in [-0.25, -0.2) is 0 Å². The molecule has 0 amide bonds. The van der Waals surface area contributed by atoms with E-state index in [0.29, 0.717) is 36.0 Å². The average Bonchev–Trinajstić information content (AvgIpc) is 3.56. The fourth-order valence-corrected chi connectivity index (χ4v) is 15.3. The molecule has 0 aliphatic heterocycles. The van der Waals surface area contributed by atoms with Crippen molar-refractivity contribution >= 4 is 5.97 Å². The van der Waals surface area contributed by atoms with E-state index in [4.69, 9.17) is 16.1 Å². The molecule has 8 rings (SSSR count). The van der Waals surface area contributed by atoms with Gasteiger partial charge in [-0.2, -0.15) is 0 Å². The number of rotatable bonds is 10. The fourth-order valence-electron chi connectivity index (χ4n) is 15.3. The lowest BCUT2D eigenvalue weighted by atomic mass is 9.32. The largest absolute Gasteiger partial charge is 0.462 e. The first-order chi connectivity index (χ1) is 26.7. The molecule has 5 aliphatic rings. The van der Waals surface area contributed by atoms with Gasteiger partial charge in [-0.1, -0.05) is 145 Å². The van der Waals surface area contributed by atoms with Gasteiger partial charge in [0.25, 0.3) is 0 Å². The highest BCUT2D eigenvalue weighted by molar-refractivity contribution is 5.69. The molecular weight excluding hydrogens is 685 g/mol. The number of hydrogen-bond acceptors (Lipinski definition) is 3. The van der Waals surface area contributed by atoms with Gasteiger partial charge in [-0.15, -0.1) is 0 Å². The number of fused-ring (bicyclic) bond motifs is 7. The number of ether oxygens (including phenoxy) is 2. The summed E-state index contributed by atoms with van der Waals surface area (Å²) in [5, 5.41) is 0. The maximum Gasteiger partial charge on any atom is 0.306 e. The molecule has 5 aliphatic carbocycles. The summed E-state index contributed by atoms with van der Waals surface area (Å²) < 4.78 is 14.1. The Kier molecular flexibility index (Phi) is 10.3. The summed E-state index contributed by atoms with van der Waals surface area (Å²) in [5.74, 6) is 2.97. The van der Waals surface area contributed by atoms with Crippen LogP contribution in [0.2, 0.25) is 0 Å². The first-order valence-electron chi connectivity index (χ1n) is 22.4. The molecule has 0 aromatic heterocycles. The number of carbonyl (C=O) groups is 1. The molecule has 0 bridgehead atoms. The van der Waals surface area contributed by atoms with E-state index in [1.807, 2.05) is 0 Å². The molecular formula is C53H70O3. The van der Waals surface area contributed by atoms with E-state index in [2.05, 4.69) is 139 Å². The smallest absolute Gasteiger partial charge is 0.306 e. The zero-order valence-corrected chi connectivity index (χ0v) is 35.7. The van der Waals surface area contributed by atoms with E-state index in [-0.39, 0.29) is 39.1 Å². The van der Waals surface area contributed by atoms with Gasteiger partial charge in [0, 0.05) is 6.42 Å². The van der Waals surface area contributed by atoms with Crippen molar-refractivity contribution in [2.75, 3.05) is 6.61 Å². The molecule has 3 aromatic carbocycles. The molecule has 0 saturated heterocycles. The summed E-state index contributed by atoms with van der Waals surface area (Å²) in [6.07, 6.45) is 13.4. The van der Waals surface area contributed by atoms with Crippen molar-refractivity contribution in [3.8, 4) is 0 Å². The third kappa shape index (κ3) is 6.10. The third-order valence-electron chi connectivity index (χ3n) is 17.7. The highest BCUT2D eigenvalue weighted by atomic mass is 16.5. The van der Waals surface area contributed by atoms with Crippen LogP contribution in [0.4, 0.5) is 0 Å². The first-order valence-corrected chi connectivity index (χ1v) is 22.4. The number of benzene rings is 3. The zero-order chi connectivity index (χ0) is 39.6. The molecule has 5 saturated carbocycles. The van der Waals surface area contributed by atoms with Crippen molar-refractivity contribution in [3.05, 3.63) is 120 Å². The van der Waals surface area contributed by atoms with Crippen molar-refractivity contribution in [3.63, 3.8) is 0 Å². The number of carbonyl (C=O) groups excluding carboxylic acids is 1. The number of hydrogen-bond donors (Lipinski definition) is 0. The topological polar surface area (TPSA) is 35.5 Å². The van der Waals surface area contributed by atoms with Gasteiger partial charge in [-0.05, 0) is 151 Å². The van der Waals surface area contributed by atoms with Crippen LogP contribution in [0, 0.1) is 56.7 Å². The van der Waals surface area contributed by atoms with Gasteiger partial charge in [0.2, 0.25) is 0 Å². The van der Waals surface area contributed by atoms with E-state index >= 15 is 0 Å². The van der Waals surface area contributed by atoms with Crippen LogP contribution in [0.1, 0.15) is 142 Å². The van der Waals surface area contributed by atoms with Crippen LogP contribution >= 0.6 is 0 Å². The SMILES string of the molecule is C=C(C)[C@@H]1CC[C@]2(COC(c3ccccc3)(c3ccccc3)c3ccccc3)CC[C@]3(C)[C@H](CC[C@@H]4[C@@]5(C)CC(OC(=O)CCC)CC(C)(C)[C@@H]5CC[C@]43C)[C@@H]12. The lowest BCUT2D eigenvalue weighted by Crippen LogP contribution is -2.66. The van der Waals surface area contributed by atoms with Crippen molar-refractivity contribution in [2.24, 2.45) is 56.7 Å². The first kappa shape index (κ1) is 39.6. The molecule has 300 valence electrons. The quantitative estimate of drug-likeness (QED) is 0.117. The molecule has 3 aromatic rings. The van der Waals surface area contributed by atoms with E-state index in [1.54, 1.807) is 0 Å². The van der Waals surface area contributed by atoms with Crippen LogP contribution in [-0.2, 0) is 19.9 Å². The highest BCUT2D eigenvalue weighted by Gasteiger charge is 2.71. The minimum absolute atomic E-state index is 0.00156. The van der Waals surface area contributed by atoms with Crippen LogP contribution in [0.15, 0.2) is 103 Å². The Bertz CT molecular complexity index is 1770. The van der Waals surface area contributed by atoms with Crippen molar-refractivity contribution in [1.82, 2.24) is 0 Å². The highest BCUT2D eigenvalue weighted by Crippen LogP contribution is 2.77. The monoisotopic (exact) mass is 755 g/mol. The van der Waals surface area contributed by atoms with Gasteiger partial charge in [0.05, 0.1) is 6.61 Å². The average molecular weight is 755 g/mol. The summed E-state index contributed by atoms with van der Waals surface area (Å²) in [4.78, 5) is 12.9. The minimum atomic E-state index is -0.716. The van der Waals surface area contributed by atoms with Gasteiger partial charge in [-0.3, -0.25) is 4.79 Å². The summed E-state index contributed by atoms with van der Waals surface area (Å²) in [5.41, 5.74) is 5.07. The Hall–Kier alpha value is -3.17. The maximum atomic E-state index is 12.9. The predicted molar refractivity (Wildman–Crippen MR) is 229 cm³/mol.